The lowest BCUT2D eigenvalue weighted by molar-refractivity contribution is 0.0474. The molecule has 1 aliphatic rings. The number of thiophene rings is 1. The van der Waals surface area contributed by atoms with Gasteiger partial charge in [-0.3, -0.25) is 4.79 Å². The largest absolute Gasteiger partial charge is 0.387 e. The van der Waals surface area contributed by atoms with Gasteiger partial charge < -0.3 is 10.0 Å². The highest BCUT2D eigenvalue weighted by atomic mass is 32.1. The summed E-state index contributed by atoms with van der Waals surface area (Å²) in [6.45, 7) is 2.92. The lowest BCUT2D eigenvalue weighted by Crippen LogP contribution is -2.39. The highest BCUT2D eigenvalue weighted by molar-refractivity contribution is 7.10. The molecular weight excluding hydrogens is 313 g/mol. The van der Waals surface area contributed by atoms with Gasteiger partial charge in [-0.15, -0.1) is 11.3 Å². The Morgan fingerprint density at radius 3 is 2.70 bits per heavy atom. The van der Waals surface area contributed by atoms with Crippen LogP contribution >= 0.6 is 11.3 Å². The molecule has 1 amide bonds. The van der Waals surface area contributed by atoms with Crippen LogP contribution in [0.3, 0.4) is 0 Å². The molecule has 23 heavy (non-hydrogen) atoms. The van der Waals surface area contributed by atoms with Crippen molar-refractivity contribution in [2.24, 2.45) is 5.92 Å². The fourth-order valence-electron chi connectivity index (χ4n) is 3.07. The van der Waals surface area contributed by atoms with Crippen LogP contribution in [0, 0.1) is 18.7 Å². The molecular formula is C18H20FNO2S. The van der Waals surface area contributed by atoms with Gasteiger partial charge in [0, 0.05) is 23.5 Å². The third kappa shape index (κ3) is 3.46. The van der Waals surface area contributed by atoms with Crippen LogP contribution < -0.4 is 0 Å². The normalized spacial score (nSPS) is 17.3. The molecule has 5 heteroatoms. The fourth-order valence-corrected chi connectivity index (χ4v) is 3.87. The van der Waals surface area contributed by atoms with Crippen LogP contribution in [0.1, 0.15) is 39.7 Å². The Morgan fingerprint density at radius 1 is 1.35 bits per heavy atom. The molecule has 0 radical (unpaired) electrons. The topological polar surface area (TPSA) is 40.5 Å². The van der Waals surface area contributed by atoms with Gasteiger partial charge in [0.05, 0.1) is 6.10 Å². The Kier molecular flexibility index (Phi) is 4.78. The van der Waals surface area contributed by atoms with Crippen molar-refractivity contribution in [1.82, 2.24) is 4.90 Å². The maximum atomic E-state index is 13.3. The minimum absolute atomic E-state index is 0.0582. The van der Waals surface area contributed by atoms with Gasteiger partial charge in [0.2, 0.25) is 0 Å². The number of likely N-dealkylation sites (tertiary alicyclic amines) is 1. The number of benzene rings is 1. The second-order valence-electron chi connectivity index (χ2n) is 6.05. The zero-order valence-electron chi connectivity index (χ0n) is 13.0. The first-order chi connectivity index (χ1) is 11.1. The van der Waals surface area contributed by atoms with E-state index in [0.717, 1.165) is 17.7 Å². The number of carbonyl (C=O) groups is 1. The Labute approximate surface area is 139 Å². The van der Waals surface area contributed by atoms with E-state index in [1.807, 2.05) is 17.5 Å². The summed E-state index contributed by atoms with van der Waals surface area (Å²) in [5.41, 5.74) is 1.01. The SMILES string of the molecule is Cc1cc(C(=O)N2CCC(C(O)c3cccs3)CC2)ccc1F. The van der Waals surface area contributed by atoms with Crippen molar-refractivity contribution < 1.29 is 14.3 Å². The van der Waals surface area contributed by atoms with Crippen LogP contribution in [-0.4, -0.2) is 29.0 Å². The molecule has 1 aromatic carbocycles. The number of hydrogen-bond donors (Lipinski definition) is 1. The van der Waals surface area contributed by atoms with Crippen molar-refractivity contribution in [1.29, 1.82) is 0 Å². The number of halogens is 1. The van der Waals surface area contributed by atoms with Crippen molar-refractivity contribution in [2.75, 3.05) is 13.1 Å². The molecule has 0 aliphatic carbocycles. The van der Waals surface area contributed by atoms with Gasteiger partial charge in [-0.05, 0) is 60.9 Å². The van der Waals surface area contributed by atoms with Crippen molar-refractivity contribution in [2.45, 2.75) is 25.9 Å². The second kappa shape index (κ2) is 6.81. The molecule has 1 unspecified atom stereocenters. The number of aliphatic hydroxyl groups is 1. The monoisotopic (exact) mass is 333 g/mol. The van der Waals surface area contributed by atoms with E-state index in [1.54, 1.807) is 29.2 Å². The van der Waals surface area contributed by atoms with E-state index in [2.05, 4.69) is 0 Å². The van der Waals surface area contributed by atoms with E-state index >= 15 is 0 Å². The van der Waals surface area contributed by atoms with E-state index in [-0.39, 0.29) is 17.6 Å². The summed E-state index contributed by atoms with van der Waals surface area (Å²) in [4.78, 5) is 15.3. The molecule has 1 fully saturated rings. The standard InChI is InChI=1S/C18H20FNO2S/c1-12-11-14(4-5-15(12)19)18(22)20-8-6-13(7-9-20)17(21)16-3-2-10-23-16/h2-5,10-11,13,17,21H,6-9H2,1H3. The number of nitrogens with zero attached hydrogens (tertiary/aromatic N) is 1. The molecule has 1 aromatic heterocycles. The summed E-state index contributed by atoms with van der Waals surface area (Å²) in [6.07, 6.45) is 1.12. The highest BCUT2D eigenvalue weighted by Gasteiger charge is 2.29. The summed E-state index contributed by atoms with van der Waals surface area (Å²) in [5, 5.41) is 12.4. The zero-order chi connectivity index (χ0) is 16.4. The molecule has 2 aromatic rings. The molecule has 1 atom stereocenters. The summed E-state index contributed by atoms with van der Waals surface area (Å²) in [7, 11) is 0. The number of carbonyl (C=O) groups excluding carboxylic acids is 1. The third-order valence-corrected chi connectivity index (χ3v) is 5.46. The smallest absolute Gasteiger partial charge is 0.253 e. The van der Waals surface area contributed by atoms with Crippen LogP contribution in [0.15, 0.2) is 35.7 Å². The first-order valence-electron chi connectivity index (χ1n) is 7.83. The summed E-state index contributed by atoms with van der Waals surface area (Å²) < 4.78 is 13.3. The lowest BCUT2D eigenvalue weighted by Gasteiger charge is -2.34. The van der Waals surface area contributed by atoms with Crippen LogP contribution in [0.5, 0.6) is 0 Å². The van der Waals surface area contributed by atoms with E-state index < -0.39 is 6.10 Å². The van der Waals surface area contributed by atoms with Gasteiger partial charge in [-0.2, -0.15) is 0 Å². The van der Waals surface area contributed by atoms with Crippen molar-refractivity contribution in [3.8, 4) is 0 Å². The van der Waals surface area contributed by atoms with E-state index in [9.17, 15) is 14.3 Å². The van der Waals surface area contributed by atoms with E-state index in [4.69, 9.17) is 0 Å². The lowest BCUT2D eigenvalue weighted by atomic mass is 9.90. The quantitative estimate of drug-likeness (QED) is 0.928. The van der Waals surface area contributed by atoms with E-state index in [0.29, 0.717) is 24.2 Å². The van der Waals surface area contributed by atoms with Crippen molar-refractivity contribution in [3.63, 3.8) is 0 Å². The summed E-state index contributed by atoms with van der Waals surface area (Å²) in [5.74, 6) is -0.163. The maximum Gasteiger partial charge on any atom is 0.253 e. The number of piperidine rings is 1. The van der Waals surface area contributed by atoms with Crippen LogP contribution in [0.25, 0.3) is 0 Å². The van der Waals surface area contributed by atoms with Crippen LogP contribution in [0.2, 0.25) is 0 Å². The maximum absolute atomic E-state index is 13.3. The fraction of sp³-hybridized carbons (Fsp3) is 0.389. The first kappa shape index (κ1) is 16.1. The molecule has 2 heterocycles. The van der Waals surface area contributed by atoms with E-state index in [1.165, 1.54) is 12.1 Å². The van der Waals surface area contributed by atoms with Gasteiger partial charge in [0.15, 0.2) is 0 Å². The minimum Gasteiger partial charge on any atom is -0.387 e. The van der Waals surface area contributed by atoms with Crippen molar-refractivity contribution >= 4 is 17.2 Å². The third-order valence-electron chi connectivity index (χ3n) is 4.51. The molecule has 0 spiro atoms. The Bertz CT molecular complexity index is 678. The molecule has 3 rings (SSSR count). The number of amides is 1. The Balaban J connectivity index is 1.62. The second-order valence-corrected chi connectivity index (χ2v) is 7.03. The summed E-state index contributed by atoms with van der Waals surface area (Å²) >= 11 is 1.57. The number of aryl methyl sites for hydroxylation is 1. The predicted molar refractivity (Wildman–Crippen MR) is 89.0 cm³/mol. The Morgan fingerprint density at radius 2 is 2.09 bits per heavy atom. The van der Waals surface area contributed by atoms with Crippen molar-refractivity contribution in [3.05, 3.63) is 57.5 Å². The minimum atomic E-state index is -0.444. The summed E-state index contributed by atoms with van der Waals surface area (Å²) in [6, 6.07) is 8.38. The average Bonchev–Trinajstić information content (AvgIpc) is 3.11. The average molecular weight is 333 g/mol. The van der Waals surface area contributed by atoms with Gasteiger partial charge in [-0.1, -0.05) is 6.07 Å². The van der Waals surface area contributed by atoms with Crippen LogP contribution in [0.4, 0.5) is 4.39 Å². The molecule has 1 N–H and O–H groups in total. The highest BCUT2D eigenvalue weighted by Crippen LogP contribution is 2.33. The Hall–Kier alpha value is -1.72. The predicted octanol–water partition coefficient (Wildman–Crippen LogP) is 3.78. The van der Waals surface area contributed by atoms with Gasteiger partial charge in [-0.25, -0.2) is 4.39 Å². The van der Waals surface area contributed by atoms with Gasteiger partial charge >= 0.3 is 0 Å². The number of hydrogen-bond acceptors (Lipinski definition) is 3. The van der Waals surface area contributed by atoms with Gasteiger partial charge in [0.1, 0.15) is 5.82 Å². The molecule has 122 valence electrons. The zero-order valence-corrected chi connectivity index (χ0v) is 13.9. The number of rotatable bonds is 3. The molecule has 0 bridgehead atoms. The first-order valence-corrected chi connectivity index (χ1v) is 8.71. The molecule has 1 saturated heterocycles. The number of aliphatic hydroxyl groups excluding tert-OH is 1. The molecule has 1 aliphatic heterocycles. The molecule has 0 saturated carbocycles. The van der Waals surface area contributed by atoms with Gasteiger partial charge in [0.25, 0.3) is 5.91 Å². The van der Waals surface area contributed by atoms with Crippen LogP contribution in [-0.2, 0) is 0 Å². The molecule has 3 nitrogen and oxygen atoms in total.